The third kappa shape index (κ3) is 3.27. The molecule has 0 saturated heterocycles. The van der Waals surface area contributed by atoms with Gasteiger partial charge in [-0.15, -0.1) is 0 Å². The van der Waals surface area contributed by atoms with Gasteiger partial charge in [0, 0.05) is 22.7 Å². The van der Waals surface area contributed by atoms with E-state index >= 15 is 0 Å². The van der Waals surface area contributed by atoms with Crippen LogP contribution in [-0.2, 0) is 6.42 Å². The molecule has 4 heteroatoms. The van der Waals surface area contributed by atoms with Crippen molar-refractivity contribution in [3.63, 3.8) is 0 Å². The fraction of sp³-hybridized carbons (Fsp3) is 0.500. The van der Waals surface area contributed by atoms with E-state index in [-0.39, 0.29) is 0 Å². The van der Waals surface area contributed by atoms with Crippen LogP contribution < -0.4 is 4.74 Å². The number of hydrogen-bond donors (Lipinski definition) is 1. The van der Waals surface area contributed by atoms with Crippen LogP contribution in [0.25, 0.3) is 0 Å². The lowest BCUT2D eigenvalue weighted by Gasteiger charge is -2.18. The van der Waals surface area contributed by atoms with Gasteiger partial charge in [-0.05, 0) is 35.8 Å². The van der Waals surface area contributed by atoms with Crippen molar-refractivity contribution in [1.29, 1.82) is 0 Å². The number of aromatic nitrogens is 1. The second-order valence-electron chi connectivity index (χ2n) is 3.81. The zero-order valence-corrected chi connectivity index (χ0v) is 10.1. The molecule has 3 nitrogen and oxygen atoms in total. The van der Waals surface area contributed by atoms with Gasteiger partial charge < -0.3 is 9.84 Å². The zero-order chi connectivity index (χ0) is 10.8. The van der Waals surface area contributed by atoms with Crippen molar-refractivity contribution < 1.29 is 9.84 Å². The van der Waals surface area contributed by atoms with Crippen LogP contribution in [0.1, 0.15) is 19.4 Å². The van der Waals surface area contributed by atoms with E-state index in [0.717, 1.165) is 10.0 Å². The van der Waals surface area contributed by atoms with E-state index in [0.29, 0.717) is 12.3 Å². The topological polar surface area (TPSA) is 42.4 Å². The Morgan fingerprint density at radius 2 is 2.21 bits per heavy atom. The van der Waals surface area contributed by atoms with Crippen molar-refractivity contribution >= 4 is 15.9 Å². The quantitative estimate of drug-likeness (QED) is 0.905. The Morgan fingerprint density at radius 3 is 2.71 bits per heavy atom. The third-order valence-corrected chi connectivity index (χ3v) is 2.14. The van der Waals surface area contributed by atoms with Crippen LogP contribution >= 0.6 is 15.9 Å². The highest BCUT2D eigenvalue weighted by Gasteiger charge is 2.17. The van der Waals surface area contributed by atoms with Gasteiger partial charge in [-0.25, -0.2) is 4.98 Å². The van der Waals surface area contributed by atoms with Crippen molar-refractivity contribution in [2.75, 3.05) is 7.11 Å². The van der Waals surface area contributed by atoms with Crippen molar-refractivity contribution in [3.8, 4) is 5.88 Å². The highest BCUT2D eigenvalue weighted by Crippen LogP contribution is 2.23. The molecule has 0 unspecified atom stereocenters. The molecule has 0 aliphatic rings. The Labute approximate surface area is 92.3 Å². The Kier molecular flexibility index (Phi) is 3.50. The number of halogens is 1. The van der Waals surface area contributed by atoms with Crippen LogP contribution in [0.3, 0.4) is 0 Å². The Morgan fingerprint density at radius 1 is 1.57 bits per heavy atom. The number of aliphatic hydroxyl groups is 1. The van der Waals surface area contributed by atoms with Gasteiger partial charge in [-0.1, -0.05) is 0 Å². The molecule has 0 aliphatic carbocycles. The van der Waals surface area contributed by atoms with E-state index in [9.17, 15) is 5.11 Å². The molecule has 0 radical (unpaired) electrons. The molecular weight excluding hydrogens is 246 g/mol. The van der Waals surface area contributed by atoms with Gasteiger partial charge in [0.05, 0.1) is 12.7 Å². The molecule has 0 saturated carbocycles. The molecule has 1 aromatic heterocycles. The SMILES string of the molecule is COc1ncc(Br)cc1CC(C)(C)O. The smallest absolute Gasteiger partial charge is 0.216 e. The number of ether oxygens (including phenoxy) is 1. The minimum absolute atomic E-state index is 0.516. The maximum Gasteiger partial charge on any atom is 0.216 e. The first-order valence-electron chi connectivity index (χ1n) is 4.33. The molecule has 0 spiro atoms. The maximum absolute atomic E-state index is 9.68. The average molecular weight is 260 g/mol. The van der Waals surface area contributed by atoms with Gasteiger partial charge in [0.1, 0.15) is 0 Å². The van der Waals surface area contributed by atoms with Gasteiger partial charge in [-0.2, -0.15) is 0 Å². The van der Waals surface area contributed by atoms with Crippen LogP contribution in [0.15, 0.2) is 16.7 Å². The van der Waals surface area contributed by atoms with Gasteiger partial charge in [0.25, 0.3) is 0 Å². The molecule has 0 atom stereocenters. The molecule has 0 amide bonds. The molecule has 78 valence electrons. The lowest BCUT2D eigenvalue weighted by atomic mass is 10.00. The van der Waals surface area contributed by atoms with E-state index in [2.05, 4.69) is 20.9 Å². The molecule has 1 N–H and O–H groups in total. The largest absolute Gasteiger partial charge is 0.481 e. The first-order chi connectivity index (χ1) is 6.42. The van der Waals surface area contributed by atoms with Gasteiger partial charge in [0.15, 0.2) is 0 Å². The monoisotopic (exact) mass is 259 g/mol. The Hall–Kier alpha value is -0.610. The summed E-state index contributed by atoms with van der Waals surface area (Å²) >= 11 is 3.33. The molecule has 1 heterocycles. The van der Waals surface area contributed by atoms with Gasteiger partial charge in [-0.3, -0.25) is 0 Å². The standard InChI is InChI=1S/C10H14BrNO2/c1-10(2,13)5-7-4-8(11)6-12-9(7)14-3/h4,6,13H,5H2,1-3H3. The van der Waals surface area contributed by atoms with Crippen LogP contribution in [0.5, 0.6) is 5.88 Å². The molecule has 1 aromatic rings. The number of rotatable bonds is 3. The van der Waals surface area contributed by atoms with Crippen LogP contribution in [0.2, 0.25) is 0 Å². The lowest BCUT2D eigenvalue weighted by molar-refractivity contribution is 0.0801. The zero-order valence-electron chi connectivity index (χ0n) is 8.54. The molecule has 0 fully saturated rings. The van der Waals surface area contributed by atoms with Gasteiger partial charge in [0.2, 0.25) is 5.88 Å². The summed E-state index contributed by atoms with van der Waals surface area (Å²) in [5, 5.41) is 9.68. The average Bonchev–Trinajstić information content (AvgIpc) is 2.01. The van der Waals surface area contributed by atoms with Crippen LogP contribution in [-0.4, -0.2) is 22.8 Å². The summed E-state index contributed by atoms with van der Waals surface area (Å²) in [6.45, 7) is 3.51. The molecule has 1 rings (SSSR count). The number of methoxy groups -OCH3 is 1. The second kappa shape index (κ2) is 4.28. The number of nitrogens with zero attached hydrogens (tertiary/aromatic N) is 1. The molecular formula is C10H14BrNO2. The van der Waals surface area contributed by atoms with E-state index in [1.807, 2.05) is 6.07 Å². The summed E-state index contributed by atoms with van der Waals surface area (Å²) in [7, 11) is 1.57. The number of pyridine rings is 1. The van der Waals surface area contributed by atoms with E-state index in [1.165, 1.54) is 0 Å². The van der Waals surface area contributed by atoms with Crippen molar-refractivity contribution in [2.24, 2.45) is 0 Å². The molecule has 0 aromatic carbocycles. The minimum atomic E-state index is -0.754. The third-order valence-electron chi connectivity index (χ3n) is 1.71. The fourth-order valence-corrected chi connectivity index (χ4v) is 1.62. The summed E-state index contributed by atoms with van der Waals surface area (Å²) in [5.74, 6) is 0.565. The van der Waals surface area contributed by atoms with E-state index in [4.69, 9.17) is 4.74 Å². The lowest BCUT2D eigenvalue weighted by Crippen LogP contribution is -2.22. The van der Waals surface area contributed by atoms with Crippen LogP contribution in [0.4, 0.5) is 0 Å². The van der Waals surface area contributed by atoms with Crippen LogP contribution in [0, 0.1) is 0 Å². The first-order valence-corrected chi connectivity index (χ1v) is 5.12. The first kappa shape index (κ1) is 11.5. The highest BCUT2D eigenvalue weighted by atomic mass is 79.9. The van der Waals surface area contributed by atoms with E-state index in [1.54, 1.807) is 27.2 Å². The highest BCUT2D eigenvalue weighted by molar-refractivity contribution is 9.10. The predicted molar refractivity (Wildman–Crippen MR) is 58.5 cm³/mol. The summed E-state index contributed by atoms with van der Waals surface area (Å²) in [5.41, 5.74) is 0.143. The summed E-state index contributed by atoms with van der Waals surface area (Å²) in [6, 6.07) is 1.91. The maximum atomic E-state index is 9.68. The summed E-state index contributed by atoms with van der Waals surface area (Å²) in [4.78, 5) is 4.10. The van der Waals surface area contributed by atoms with Crippen molar-refractivity contribution in [2.45, 2.75) is 25.9 Å². The Balaban J connectivity index is 2.99. The molecule has 0 aliphatic heterocycles. The normalized spacial score (nSPS) is 11.5. The summed E-state index contributed by atoms with van der Waals surface area (Å²) in [6.07, 6.45) is 2.19. The van der Waals surface area contributed by atoms with Crippen molar-refractivity contribution in [1.82, 2.24) is 4.98 Å². The minimum Gasteiger partial charge on any atom is -0.481 e. The predicted octanol–water partition coefficient (Wildman–Crippen LogP) is 2.17. The molecule has 0 bridgehead atoms. The number of hydrogen-bond acceptors (Lipinski definition) is 3. The van der Waals surface area contributed by atoms with Gasteiger partial charge >= 0.3 is 0 Å². The van der Waals surface area contributed by atoms with Crippen molar-refractivity contribution in [3.05, 3.63) is 22.3 Å². The Bertz CT molecular complexity index is 320. The van der Waals surface area contributed by atoms with E-state index < -0.39 is 5.60 Å². The summed E-state index contributed by atoms with van der Waals surface area (Å²) < 4.78 is 5.99. The second-order valence-corrected chi connectivity index (χ2v) is 4.73. The fourth-order valence-electron chi connectivity index (χ4n) is 1.25. The molecule has 14 heavy (non-hydrogen) atoms.